The van der Waals surface area contributed by atoms with Gasteiger partial charge < -0.3 is 15.5 Å². The zero-order valence-corrected chi connectivity index (χ0v) is 27.7. The maximum Gasteiger partial charge on any atom is 0.247 e. The lowest BCUT2D eigenvalue weighted by Crippen LogP contribution is -2.35. The topological polar surface area (TPSA) is 116 Å². The van der Waals surface area contributed by atoms with Crippen LogP contribution in [0.1, 0.15) is 63.3 Å². The number of halogens is 1. The molecule has 0 saturated heterocycles. The normalized spacial score (nSPS) is 11.6. The molecule has 2 aromatic heterocycles. The maximum atomic E-state index is 14.0. The molecule has 2 unspecified atom stereocenters. The van der Waals surface area contributed by atoms with E-state index in [-0.39, 0.29) is 24.3 Å². The smallest absolute Gasteiger partial charge is 0.247 e. The molecule has 0 bridgehead atoms. The van der Waals surface area contributed by atoms with Crippen LogP contribution in [0, 0.1) is 17.1 Å². The van der Waals surface area contributed by atoms with Gasteiger partial charge in [0, 0.05) is 44.2 Å². The molecule has 2 aromatic carbocycles. The Bertz CT molecular complexity index is 1590. The van der Waals surface area contributed by atoms with E-state index >= 15 is 0 Å². The number of carbonyl (C=O) groups excluding carboxylic acids is 2. The van der Waals surface area contributed by atoms with Gasteiger partial charge >= 0.3 is 0 Å². The van der Waals surface area contributed by atoms with Gasteiger partial charge in [-0.2, -0.15) is 10.4 Å². The number of likely N-dealkylation sites (N-methyl/N-ethyl adjacent to an activating group) is 1. The third-order valence-electron chi connectivity index (χ3n) is 6.79. The monoisotopic (exact) mass is 625 g/mol. The molecule has 9 nitrogen and oxygen atoms in total. The molecule has 2 amide bonds. The number of anilines is 1. The van der Waals surface area contributed by atoms with Crippen LogP contribution in [-0.4, -0.2) is 52.1 Å². The summed E-state index contributed by atoms with van der Waals surface area (Å²) in [6.07, 6.45) is 9.02. The van der Waals surface area contributed by atoms with Crippen LogP contribution in [-0.2, 0) is 16.1 Å². The summed E-state index contributed by atoms with van der Waals surface area (Å²) in [5.74, 6) is -0.519. The van der Waals surface area contributed by atoms with Gasteiger partial charge in [-0.15, -0.1) is 0 Å². The Balaban J connectivity index is 0.00000114. The molecule has 242 valence electrons. The van der Waals surface area contributed by atoms with Crippen molar-refractivity contribution in [2.24, 2.45) is 0 Å². The van der Waals surface area contributed by atoms with E-state index in [0.29, 0.717) is 23.5 Å². The van der Waals surface area contributed by atoms with E-state index < -0.39 is 11.9 Å². The van der Waals surface area contributed by atoms with Crippen LogP contribution in [0.2, 0.25) is 0 Å². The van der Waals surface area contributed by atoms with Crippen molar-refractivity contribution >= 4 is 17.6 Å². The minimum atomic E-state index is -0.828. The van der Waals surface area contributed by atoms with E-state index in [1.54, 1.807) is 73.8 Å². The average Bonchev–Trinajstić information content (AvgIpc) is 3.54. The molecular formula is C36H44FN7O2. The molecule has 4 rings (SSSR count). The summed E-state index contributed by atoms with van der Waals surface area (Å²) in [5.41, 5.74) is 3.63. The van der Waals surface area contributed by atoms with Crippen molar-refractivity contribution in [2.45, 2.75) is 53.1 Å². The van der Waals surface area contributed by atoms with E-state index in [1.807, 2.05) is 58.9 Å². The highest BCUT2D eigenvalue weighted by atomic mass is 19.1. The van der Waals surface area contributed by atoms with Gasteiger partial charge in [-0.1, -0.05) is 57.2 Å². The summed E-state index contributed by atoms with van der Waals surface area (Å²) >= 11 is 0. The fraction of sp³-hybridized carbons (Fsp3) is 0.306. The predicted octanol–water partition coefficient (Wildman–Crippen LogP) is 6.73. The molecule has 2 N–H and O–H groups in total. The molecule has 0 aliphatic carbocycles. The Labute approximate surface area is 271 Å². The van der Waals surface area contributed by atoms with Crippen LogP contribution in [0.4, 0.5) is 10.2 Å². The van der Waals surface area contributed by atoms with Crippen LogP contribution in [0.3, 0.4) is 0 Å². The highest BCUT2D eigenvalue weighted by Crippen LogP contribution is 2.22. The van der Waals surface area contributed by atoms with Crippen LogP contribution in [0.5, 0.6) is 0 Å². The van der Waals surface area contributed by atoms with E-state index in [2.05, 4.69) is 26.8 Å². The Hall–Kier alpha value is -5.14. The first-order valence-corrected chi connectivity index (χ1v) is 15.2. The number of nitriles is 1. The summed E-state index contributed by atoms with van der Waals surface area (Å²) in [6.45, 7) is 10.6. The average molecular weight is 626 g/mol. The molecular weight excluding hydrogens is 581 g/mol. The van der Waals surface area contributed by atoms with Gasteiger partial charge in [0.25, 0.3) is 0 Å². The number of nitrogens with one attached hydrogen (secondary N) is 2. The Morgan fingerprint density at radius 2 is 1.70 bits per heavy atom. The molecule has 10 heteroatoms. The SMILES string of the molecule is C/C=C\C.CC.CC(CNC(C(=O)Nc1ccc(-c2cnn(CC(=O)N(C)C)c2)cn1)c1cccc(F)c1)c1ccc(C#N)cc1. The zero-order valence-electron chi connectivity index (χ0n) is 27.7. The van der Waals surface area contributed by atoms with Crippen molar-refractivity contribution in [1.29, 1.82) is 5.26 Å². The van der Waals surface area contributed by atoms with Gasteiger partial charge in [0.2, 0.25) is 11.8 Å². The van der Waals surface area contributed by atoms with Gasteiger partial charge in [0.15, 0.2) is 0 Å². The number of amides is 2. The molecule has 0 saturated carbocycles. The lowest BCUT2D eigenvalue weighted by Gasteiger charge is -2.21. The van der Waals surface area contributed by atoms with Crippen molar-refractivity contribution in [3.63, 3.8) is 0 Å². The van der Waals surface area contributed by atoms with Gasteiger partial charge in [0.05, 0.1) is 17.8 Å². The first-order valence-electron chi connectivity index (χ1n) is 15.2. The molecule has 46 heavy (non-hydrogen) atoms. The van der Waals surface area contributed by atoms with Crippen molar-refractivity contribution < 1.29 is 14.0 Å². The summed E-state index contributed by atoms with van der Waals surface area (Å²) < 4.78 is 15.6. The molecule has 2 heterocycles. The third kappa shape index (κ3) is 11.4. The summed E-state index contributed by atoms with van der Waals surface area (Å²) in [5, 5.41) is 19.3. The molecule has 0 aliphatic rings. The number of hydrogen-bond acceptors (Lipinski definition) is 6. The van der Waals surface area contributed by atoms with Crippen molar-refractivity contribution in [2.75, 3.05) is 26.0 Å². The number of allylic oxidation sites excluding steroid dienone is 2. The number of carbonyl (C=O) groups is 2. The van der Waals surface area contributed by atoms with E-state index in [0.717, 1.165) is 16.7 Å². The standard InChI is InChI=1S/C30H30FN7O2.C4H8.C2H6/c1-20(22-9-7-21(14-32)8-10-22)15-34-29(23-5-4-6-26(31)13-23)30(40)36-27-12-11-24(16-33-27)25-17-35-38(18-25)19-28(39)37(2)3;1-3-4-2;1-2/h4-13,16-18,20,29,34H,15,19H2,1-3H3,(H,33,36,40);3-4H,1-2H3;1-2H3/b;4-3-;. The number of aromatic nitrogens is 3. The van der Waals surface area contributed by atoms with Crippen LogP contribution in [0.15, 0.2) is 91.4 Å². The van der Waals surface area contributed by atoms with Crippen LogP contribution < -0.4 is 10.6 Å². The molecule has 0 spiro atoms. The second kappa shape index (κ2) is 19.3. The zero-order chi connectivity index (χ0) is 34.1. The Morgan fingerprint density at radius 3 is 2.26 bits per heavy atom. The Kier molecular flexibility index (Phi) is 15.5. The first kappa shape index (κ1) is 37.0. The van der Waals surface area contributed by atoms with Crippen molar-refractivity contribution in [3.8, 4) is 17.2 Å². The molecule has 0 fully saturated rings. The van der Waals surface area contributed by atoms with E-state index in [9.17, 15) is 14.0 Å². The van der Waals surface area contributed by atoms with Crippen molar-refractivity contribution in [3.05, 3.63) is 114 Å². The number of rotatable bonds is 10. The summed E-state index contributed by atoms with van der Waals surface area (Å²) in [4.78, 5) is 31.2. The maximum absolute atomic E-state index is 14.0. The highest BCUT2D eigenvalue weighted by molar-refractivity contribution is 5.95. The highest BCUT2D eigenvalue weighted by Gasteiger charge is 2.22. The fourth-order valence-electron chi connectivity index (χ4n) is 4.06. The number of pyridine rings is 1. The quantitative estimate of drug-likeness (QED) is 0.189. The second-order valence-corrected chi connectivity index (χ2v) is 10.3. The van der Waals surface area contributed by atoms with Gasteiger partial charge in [-0.05, 0) is 67.3 Å². The van der Waals surface area contributed by atoms with Gasteiger partial charge in [-0.25, -0.2) is 9.37 Å². The van der Waals surface area contributed by atoms with Crippen LogP contribution >= 0.6 is 0 Å². The van der Waals surface area contributed by atoms with Crippen molar-refractivity contribution in [1.82, 2.24) is 25.0 Å². The summed E-state index contributed by atoms with van der Waals surface area (Å²) in [7, 11) is 3.38. The van der Waals surface area contributed by atoms with Crippen LogP contribution in [0.25, 0.3) is 11.1 Å². The minimum Gasteiger partial charge on any atom is -0.347 e. The van der Waals surface area contributed by atoms with Gasteiger partial charge in [0.1, 0.15) is 24.2 Å². The first-order chi connectivity index (χ1) is 22.1. The van der Waals surface area contributed by atoms with E-state index in [4.69, 9.17) is 5.26 Å². The summed E-state index contributed by atoms with van der Waals surface area (Å²) in [6, 6.07) is 18.0. The number of hydrogen-bond donors (Lipinski definition) is 2. The molecule has 0 aliphatic heterocycles. The fourth-order valence-corrected chi connectivity index (χ4v) is 4.06. The number of benzene rings is 2. The van der Waals surface area contributed by atoms with E-state index in [1.165, 1.54) is 17.0 Å². The molecule has 2 atom stereocenters. The lowest BCUT2D eigenvalue weighted by atomic mass is 9.98. The molecule has 4 aromatic rings. The predicted molar refractivity (Wildman–Crippen MR) is 181 cm³/mol. The lowest BCUT2D eigenvalue weighted by molar-refractivity contribution is -0.129. The number of nitrogens with zero attached hydrogens (tertiary/aromatic N) is 5. The third-order valence-corrected chi connectivity index (χ3v) is 6.79. The Morgan fingerprint density at radius 1 is 1.00 bits per heavy atom. The minimum absolute atomic E-state index is 0.0305. The largest absolute Gasteiger partial charge is 0.347 e. The van der Waals surface area contributed by atoms with Gasteiger partial charge in [-0.3, -0.25) is 14.3 Å². The second-order valence-electron chi connectivity index (χ2n) is 10.3. The molecule has 0 radical (unpaired) electrons.